The summed E-state index contributed by atoms with van der Waals surface area (Å²) in [5.41, 5.74) is 0.176. The van der Waals surface area contributed by atoms with Crippen molar-refractivity contribution < 1.29 is 0 Å². The maximum Gasteiger partial charge on any atom is 0.0326 e. The van der Waals surface area contributed by atoms with Crippen LogP contribution >= 0.6 is 0 Å². The van der Waals surface area contributed by atoms with Crippen molar-refractivity contribution in [1.29, 1.82) is 0 Å². The molecule has 0 amide bonds. The fourth-order valence-electron chi connectivity index (χ4n) is 2.41. The first kappa shape index (κ1) is 17.9. The van der Waals surface area contributed by atoms with Gasteiger partial charge in [0.25, 0.3) is 0 Å². The molecular formula is C15H35N5. The molecule has 0 saturated carbocycles. The van der Waals surface area contributed by atoms with Crippen LogP contribution < -0.4 is 21.3 Å². The van der Waals surface area contributed by atoms with E-state index in [1.165, 1.54) is 0 Å². The highest BCUT2D eigenvalue weighted by Crippen LogP contribution is 2.26. The van der Waals surface area contributed by atoms with Crippen LogP contribution in [0.15, 0.2) is 0 Å². The third kappa shape index (κ3) is 5.30. The predicted octanol–water partition coefficient (Wildman–Crippen LogP) is -0.153. The summed E-state index contributed by atoms with van der Waals surface area (Å²) in [4.78, 5) is 2.45. The van der Waals surface area contributed by atoms with Crippen LogP contribution in [0, 0.1) is 0 Å². The zero-order chi connectivity index (χ0) is 15.1. The maximum absolute atomic E-state index is 3.70. The van der Waals surface area contributed by atoms with Crippen LogP contribution in [0.25, 0.3) is 0 Å². The first-order valence-corrected chi connectivity index (χ1v) is 7.96. The van der Waals surface area contributed by atoms with E-state index >= 15 is 0 Å². The number of nitrogens with zero attached hydrogens (tertiary/aromatic N) is 1. The second-order valence-electron chi connectivity index (χ2n) is 6.78. The van der Waals surface area contributed by atoms with Gasteiger partial charge < -0.3 is 21.3 Å². The lowest BCUT2D eigenvalue weighted by molar-refractivity contribution is 0.0631. The zero-order valence-corrected chi connectivity index (χ0v) is 14.1. The molecule has 0 aromatic heterocycles. The standard InChI is InChI=1S/C15H35N5/c1-14(2)15(3,4)20(5)13-12-18-9-8-16-6-7-17-10-11-19-14/h16-19H,6-13H2,1-5H3. The Bertz CT molecular complexity index is 265. The average molecular weight is 285 g/mol. The molecule has 4 N–H and O–H groups in total. The van der Waals surface area contributed by atoms with Gasteiger partial charge in [0.15, 0.2) is 0 Å². The normalized spacial score (nSPS) is 27.4. The lowest BCUT2D eigenvalue weighted by Gasteiger charge is -2.48. The van der Waals surface area contributed by atoms with Crippen LogP contribution in [0.2, 0.25) is 0 Å². The van der Waals surface area contributed by atoms with Gasteiger partial charge in [0.1, 0.15) is 0 Å². The van der Waals surface area contributed by atoms with E-state index in [4.69, 9.17) is 0 Å². The average Bonchev–Trinajstić information content (AvgIpc) is 2.38. The fraction of sp³-hybridized carbons (Fsp3) is 1.00. The van der Waals surface area contributed by atoms with Crippen LogP contribution in [-0.2, 0) is 0 Å². The Labute approximate surface area is 125 Å². The molecule has 0 unspecified atom stereocenters. The predicted molar refractivity (Wildman–Crippen MR) is 87.4 cm³/mol. The molecule has 0 aliphatic carbocycles. The quantitative estimate of drug-likeness (QED) is 0.499. The molecule has 1 rings (SSSR count). The van der Waals surface area contributed by atoms with E-state index in [9.17, 15) is 0 Å². The van der Waals surface area contributed by atoms with Gasteiger partial charge in [-0.05, 0) is 34.7 Å². The molecule has 0 bridgehead atoms. The molecule has 1 aliphatic heterocycles. The van der Waals surface area contributed by atoms with Gasteiger partial charge in [-0.2, -0.15) is 0 Å². The van der Waals surface area contributed by atoms with Crippen molar-refractivity contribution >= 4 is 0 Å². The molecule has 0 radical (unpaired) electrons. The van der Waals surface area contributed by atoms with E-state index in [1.54, 1.807) is 0 Å². The summed E-state index contributed by atoms with van der Waals surface area (Å²) < 4.78 is 0. The Morgan fingerprint density at radius 1 is 0.700 bits per heavy atom. The fourth-order valence-corrected chi connectivity index (χ4v) is 2.41. The van der Waals surface area contributed by atoms with Gasteiger partial charge in [-0.15, -0.1) is 0 Å². The number of hydrogen-bond acceptors (Lipinski definition) is 5. The SMILES string of the molecule is CN1CCNCCNCCNCCNC(C)(C)C1(C)C. The molecule has 1 heterocycles. The van der Waals surface area contributed by atoms with Crippen LogP contribution in [0.3, 0.4) is 0 Å². The number of rotatable bonds is 0. The molecule has 1 fully saturated rings. The number of likely N-dealkylation sites (N-methyl/N-ethyl adjacent to an activating group) is 1. The van der Waals surface area contributed by atoms with Gasteiger partial charge in [0.2, 0.25) is 0 Å². The van der Waals surface area contributed by atoms with Gasteiger partial charge in [-0.3, -0.25) is 4.90 Å². The molecule has 0 aromatic carbocycles. The summed E-state index contributed by atoms with van der Waals surface area (Å²) in [6.07, 6.45) is 0. The van der Waals surface area contributed by atoms with Crippen molar-refractivity contribution in [1.82, 2.24) is 26.2 Å². The molecule has 0 aromatic rings. The first-order chi connectivity index (χ1) is 9.38. The lowest BCUT2D eigenvalue weighted by Crippen LogP contribution is -2.64. The van der Waals surface area contributed by atoms with E-state index < -0.39 is 0 Å². The Balaban J connectivity index is 2.60. The van der Waals surface area contributed by atoms with Crippen LogP contribution in [0.4, 0.5) is 0 Å². The molecule has 5 heteroatoms. The van der Waals surface area contributed by atoms with E-state index in [0.29, 0.717) is 0 Å². The highest BCUT2D eigenvalue weighted by atomic mass is 15.2. The summed E-state index contributed by atoms with van der Waals surface area (Å²) in [5.74, 6) is 0. The largest absolute Gasteiger partial charge is 0.314 e. The summed E-state index contributed by atoms with van der Waals surface area (Å²) in [6, 6.07) is 0. The minimum atomic E-state index is 0.0713. The van der Waals surface area contributed by atoms with Crippen molar-refractivity contribution in [2.45, 2.75) is 38.8 Å². The van der Waals surface area contributed by atoms with E-state index in [2.05, 4.69) is 60.9 Å². The Morgan fingerprint density at radius 3 is 1.70 bits per heavy atom. The molecular weight excluding hydrogens is 250 g/mol. The summed E-state index contributed by atoms with van der Waals surface area (Å²) in [7, 11) is 2.22. The smallest absolute Gasteiger partial charge is 0.0326 e. The second kappa shape index (κ2) is 8.29. The molecule has 0 atom stereocenters. The Kier molecular flexibility index (Phi) is 7.40. The van der Waals surface area contributed by atoms with Crippen molar-refractivity contribution in [3.8, 4) is 0 Å². The Hall–Kier alpha value is -0.200. The van der Waals surface area contributed by atoms with Crippen molar-refractivity contribution in [3.63, 3.8) is 0 Å². The van der Waals surface area contributed by atoms with E-state index in [1.807, 2.05) is 0 Å². The van der Waals surface area contributed by atoms with Crippen LogP contribution in [-0.4, -0.2) is 75.4 Å². The van der Waals surface area contributed by atoms with Crippen molar-refractivity contribution in [3.05, 3.63) is 0 Å². The summed E-state index contributed by atoms with van der Waals surface area (Å²) in [5, 5.41) is 14.1. The minimum absolute atomic E-state index is 0.0713. The van der Waals surface area contributed by atoms with E-state index in [0.717, 1.165) is 52.4 Å². The van der Waals surface area contributed by atoms with Gasteiger partial charge in [0, 0.05) is 63.4 Å². The molecule has 120 valence electrons. The Morgan fingerprint density at radius 2 is 1.15 bits per heavy atom. The molecule has 1 aliphatic rings. The third-order valence-electron chi connectivity index (χ3n) is 4.93. The third-order valence-corrected chi connectivity index (χ3v) is 4.93. The van der Waals surface area contributed by atoms with E-state index in [-0.39, 0.29) is 11.1 Å². The first-order valence-electron chi connectivity index (χ1n) is 7.96. The van der Waals surface area contributed by atoms with Crippen molar-refractivity contribution in [2.75, 3.05) is 59.4 Å². The second-order valence-corrected chi connectivity index (χ2v) is 6.78. The number of hydrogen-bond donors (Lipinski definition) is 4. The molecule has 5 nitrogen and oxygen atoms in total. The summed E-state index contributed by atoms with van der Waals surface area (Å²) in [6.45, 7) is 17.5. The maximum atomic E-state index is 3.70. The van der Waals surface area contributed by atoms with Crippen LogP contribution in [0.5, 0.6) is 0 Å². The van der Waals surface area contributed by atoms with Gasteiger partial charge in [0.05, 0.1) is 0 Å². The summed E-state index contributed by atoms with van der Waals surface area (Å²) >= 11 is 0. The molecule has 0 spiro atoms. The van der Waals surface area contributed by atoms with Gasteiger partial charge in [-0.1, -0.05) is 0 Å². The zero-order valence-electron chi connectivity index (χ0n) is 14.1. The van der Waals surface area contributed by atoms with Gasteiger partial charge in [-0.25, -0.2) is 0 Å². The highest BCUT2D eigenvalue weighted by molar-refractivity contribution is 5.00. The van der Waals surface area contributed by atoms with Crippen molar-refractivity contribution in [2.24, 2.45) is 0 Å². The van der Waals surface area contributed by atoms with Gasteiger partial charge >= 0.3 is 0 Å². The topological polar surface area (TPSA) is 51.4 Å². The number of nitrogens with one attached hydrogen (secondary N) is 4. The van der Waals surface area contributed by atoms with Crippen LogP contribution in [0.1, 0.15) is 27.7 Å². The molecule has 1 saturated heterocycles. The monoisotopic (exact) mass is 285 g/mol. The molecule has 20 heavy (non-hydrogen) atoms. The lowest BCUT2D eigenvalue weighted by atomic mass is 9.81. The minimum Gasteiger partial charge on any atom is -0.314 e. The highest BCUT2D eigenvalue weighted by Gasteiger charge is 2.39.